The summed E-state index contributed by atoms with van der Waals surface area (Å²) in [5.74, 6) is 0.756. The zero-order chi connectivity index (χ0) is 17.6. The molecule has 1 aromatic carbocycles. The van der Waals surface area contributed by atoms with E-state index in [9.17, 15) is 4.79 Å². The van der Waals surface area contributed by atoms with E-state index in [0.717, 1.165) is 36.3 Å². The number of benzene rings is 1. The molecule has 2 N–H and O–H groups in total. The van der Waals surface area contributed by atoms with Gasteiger partial charge < -0.3 is 20.3 Å². The number of anilines is 1. The first-order valence-corrected chi connectivity index (χ1v) is 8.63. The maximum atomic E-state index is 12.6. The van der Waals surface area contributed by atoms with Crippen molar-refractivity contribution >= 4 is 17.8 Å². The molecule has 7 heteroatoms. The first-order valence-electron chi connectivity index (χ1n) is 8.63. The van der Waals surface area contributed by atoms with E-state index >= 15 is 0 Å². The molecule has 7 nitrogen and oxygen atoms in total. The summed E-state index contributed by atoms with van der Waals surface area (Å²) in [5, 5.41) is 9.17. The molecule has 1 fully saturated rings. The van der Waals surface area contributed by atoms with E-state index in [0.29, 0.717) is 26.4 Å². The Morgan fingerprint density at radius 1 is 1.48 bits per heavy atom. The number of aliphatic imine (C=N–C) groups is 1. The van der Waals surface area contributed by atoms with Crippen molar-refractivity contribution in [3.8, 4) is 11.8 Å². The van der Waals surface area contributed by atoms with Crippen LogP contribution < -0.4 is 15.4 Å². The minimum absolute atomic E-state index is 0.0182. The standard InChI is InChI=1S/C18H23N5O2/c19-6-2-8-25-16-4-5-17-14(9-16)11-21-13-22(17)12-18(24)23-7-1-3-15(23)10-20/h4-5,9,11,15H,1-3,6-8,12-13,19H2/t15-/m0/s1. The van der Waals surface area contributed by atoms with Crippen LogP contribution in [0.4, 0.5) is 5.69 Å². The third-order valence-corrected chi connectivity index (χ3v) is 4.49. The molecule has 0 radical (unpaired) electrons. The highest BCUT2D eigenvalue weighted by atomic mass is 16.5. The molecule has 1 aromatic rings. The van der Waals surface area contributed by atoms with E-state index in [2.05, 4.69) is 11.1 Å². The number of nitriles is 1. The lowest BCUT2D eigenvalue weighted by Gasteiger charge is -2.29. The third-order valence-electron chi connectivity index (χ3n) is 4.49. The molecule has 0 bridgehead atoms. The van der Waals surface area contributed by atoms with Crippen molar-refractivity contribution in [1.29, 1.82) is 5.26 Å². The van der Waals surface area contributed by atoms with Crippen LogP contribution in [-0.2, 0) is 4.79 Å². The SMILES string of the molecule is N#C[C@@H]1CCCN1C(=O)CN1CN=Cc2cc(OCCCN)ccc21. The van der Waals surface area contributed by atoms with E-state index in [1.54, 1.807) is 11.1 Å². The van der Waals surface area contributed by atoms with Gasteiger partial charge in [-0.25, -0.2) is 0 Å². The van der Waals surface area contributed by atoms with Gasteiger partial charge in [-0.3, -0.25) is 9.79 Å². The van der Waals surface area contributed by atoms with Gasteiger partial charge in [0.25, 0.3) is 0 Å². The van der Waals surface area contributed by atoms with E-state index in [-0.39, 0.29) is 18.5 Å². The first-order chi connectivity index (χ1) is 12.2. The molecule has 0 unspecified atom stereocenters. The highest BCUT2D eigenvalue weighted by molar-refractivity contribution is 5.92. The molecule has 2 aliphatic rings. The summed E-state index contributed by atoms with van der Waals surface area (Å²) in [5.41, 5.74) is 7.37. The van der Waals surface area contributed by atoms with E-state index in [1.807, 2.05) is 23.1 Å². The van der Waals surface area contributed by atoms with Crippen LogP contribution in [0.1, 0.15) is 24.8 Å². The lowest BCUT2D eigenvalue weighted by molar-refractivity contribution is -0.129. The van der Waals surface area contributed by atoms with Crippen molar-refractivity contribution in [3.05, 3.63) is 23.8 Å². The number of likely N-dealkylation sites (tertiary alicyclic amines) is 1. The number of fused-ring (bicyclic) bond motifs is 1. The van der Waals surface area contributed by atoms with Gasteiger partial charge >= 0.3 is 0 Å². The van der Waals surface area contributed by atoms with Crippen LogP contribution in [0.25, 0.3) is 0 Å². The van der Waals surface area contributed by atoms with Gasteiger partial charge in [0.1, 0.15) is 18.5 Å². The Kier molecular flexibility index (Phi) is 5.51. The Balaban J connectivity index is 1.68. The quantitative estimate of drug-likeness (QED) is 0.783. The highest BCUT2D eigenvalue weighted by Crippen LogP contribution is 2.27. The molecule has 1 atom stereocenters. The molecule has 2 aliphatic heterocycles. The third kappa shape index (κ3) is 3.91. The molecule has 0 aromatic heterocycles. The Morgan fingerprint density at radius 3 is 3.16 bits per heavy atom. The number of carbonyl (C=O) groups is 1. The van der Waals surface area contributed by atoms with Gasteiger partial charge in [-0.2, -0.15) is 5.26 Å². The van der Waals surface area contributed by atoms with Gasteiger partial charge in [0.2, 0.25) is 5.91 Å². The zero-order valence-corrected chi connectivity index (χ0v) is 14.2. The van der Waals surface area contributed by atoms with Gasteiger partial charge in [-0.05, 0) is 44.0 Å². The molecular formula is C18H23N5O2. The first kappa shape index (κ1) is 17.2. The Hall–Kier alpha value is -2.59. The van der Waals surface area contributed by atoms with Crippen LogP contribution in [0.2, 0.25) is 0 Å². The van der Waals surface area contributed by atoms with Crippen LogP contribution in [0.3, 0.4) is 0 Å². The molecule has 2 heterocycles. The predicted molar refractivity (Wildman–Crippen MR) is 95.8 cm³/mol. The van der Waals surface area contributed by atoms with Crippen molar-refractivity contribution in [2.75, 3.05) is 37.8 Å². The second-order valence-corrected chi connectivity index (χ2v) is 6.24. The predicted octanol–water partition coefficient (Wildman–Crippen LogP) is 1.13. The summed E-state index contributed by atoms with van der Waals surface area (Å²) >= 11 is 0. The van der Waals surface area contributed by atoms with Crippen molar-refractivity contribution in [2.45, 2.75) is 25.3 Å². The van der Waals surface area contributed by atoms with Crippen LogP contribution in [0, 0.1) is 11.3 Å². The topological polar surface area (TPSA) is 95.0 Å². The summed E-state index contributed by atoms with van der Waals surface area (Å²) in [6.07, 6.45) is 4.27. The monoisotopic (exact) mass is 341 g/mol. The number of nitrogens with zero attached hydrogens (tertiary/aromatic N) is 4. The van der Waals surface area contributed by atoms with E-state index in [4.69, 9.17) is 15.7 Å². The number of ether oxygens (including phenoxy) is 1. The maximum Gasteiger partial charge on any atom is 0.243 e. The molecule has 0 saturated carbocycles. The average Bonchev–Trinajstić information content (AvgIpc) is 3.11. The lowest BCUT2D eigenvalue weighted by Crippen LogP contribution is -2.43. The molecule has 132 valence electrons. The van der Waals surface area contributed by atoms with Gasteiger partial charge in [-0.15, -0.1) is 0 Å². The Bertz CT molecular complexity index is 697. The zero-order valence-electron chi connectivity index (χ0n) is 14.2. The largest absolute Gasteiger partial charge is 0.494 e. The number of hydrogen-bond donors (Lipinski definition) is 1. The van der Waals surface area contributed by atoms with E-state index in [1.165, 1.54) is 0 Å². The molecule has 0 spiro atoms. The normalized spacial score (nSPS) is 18.8. The maximum absolute atomic E-state index is 12.6. The molecule has 0 aliphatic carbocycles. The van der Waals surface area contributed by atoms with Crippen molar-refractivity contribution in [1.82, 2.24) is 4.90 Å². The van der Waals surface area contributed by atoms with Gasteiger partial charge in [0.05, 0.1) is 19.2 Å². The smallest absolute Gasteiger partial charge is 0.243 e. The summed E-state index contributed by atoms with van der Waals surface area (Å²) < 4.78 is 5.67. The summed E-state index contributed by atoms with van der Waals surface area (Å²) in [7, 11) is 0. The fourth-order valence-electron chi connectivity index (χ4n) is 3.19. The van der Waals surface area contributed by atoms with Crippen LogP contribution in [0.5, 0.6) is 5.75 Å². The number of carbonyl (C=O) groups excluding carboxylic acids is 1. The fraction of sp³-hybridized carbons (Fsp3) is 0.500. The summed E-state index contributed by atoms with van der Waals surface area (Å²) in [4.78, 5) is 20.5. The molecular weight excluding hydrogens is 318 g/mol. The average molecular weight is 341 g/mol. The van der Waals surface area contributed by atoms with E-state index < -0.39 is 0 Å². The number of rotatable bonds is 6. The van der Waals surface area contributed by atoms with Crippen molar-refractivity contribution < 1.29 is 9.53 Å². The van der Waals surface area contributed by atoms with Crippen LogP contribution in [0.15, 0.2) is 23.2 Å². The van der Waals surface area contributed by atoms with Gasteiger partial charge in [-0.1, -0.05) is 0 Å². The fourth-order valence-corrected chi connectivity index (χ4v) is 3.19. The molecule has 1 amide bonds. The van der Waals surface area contributed by atoms with Crippen molar-refractivity contribution in [2.24, 2.45) is 10.7 Å². The Morgan fingerprint density at radius 2 is 2.36 bits per heavy atom. The van der Waals surface area contributed by atoms with Gasteiger partial charge in [0.15, 0.2) is 0 Å². The van der Waals surface area contributed by atoms with Crippen LogP contribution >= 0.6 is 0 Å². The number of amides is 1. The summed E-state index contributed by atoms with van der Waals surface area (Å²) in [6.45, 7) is 2.52. The second-order valence-electron chi connectivity index (χ2n) is 6.24. The highest BCUT2D eigenvalue weighted by Gasteiger charge is 2.30. The minimum Gasteiger partial charge on any atom is -0.494 e. The molecule has 25 heavy (non-hydrogen) atoms. The molecule has 3 rings (SSSR count). The number of hydrogen-bond acceptors (Lipinski definition) is 6. The van der Waals surface area contributed by atoms with Crippen molar-refractivity contribution in [3.63, 3.8) is 0 Å². The molecule has 1 saturated heterocycles. The van der Waals surface area contributed by atoms with Crippen LogP contribution in [-0.4, -0.2) is 56.0 Å². The second kappa shape index (κ2) is 7.99. The Labute approximate surface area is 147 Å². The van der Waals surface area contributed by atoms with Gasteiger partial charge in [0, 0.05) is 24.0 Å². The number of nitrogens with two attached hydrogens (primary N) is 1. The summed E-state index contributed by atoms with van der Waals surface area (Å²) in [6, 6.07) is 7.71. The minimum atomic E-state index is -0.293. The lowest BCUT2D eigenvalue weighted by atomic mass is 10.1.